The Balaban J connectivity index is 0.000000605. The summed E-state index contributed by atoms with van der Waals surface area (Å²) in [5.74, 6) is 0. The summed E-state index contributed by atoms with van der Waals surface area (Å²) >= 11 is 0. The van der Waals surface area contributed by atoms with E-state index in [1.54, 1.807) is 12.1 Å². The van der Waals surface area contributed by atoms with Crippen molar-refractivity contribution in [2.24, 2.45) is 0 Å². The van der Waals surface area contributed by atoms with Gasteiger partial charge in [0.1, 0.15) is 0 Å². The number of hydrogen-bond acceptors (Lipinski definition) is 1. The molecule has 3 heteroatoms. The molecule has 60 valence electrons. The van der Waals surface area contributed by atoms with Crippen molar-refractivity contribution in [1.82, 2.24) is 6.15 Å². The Kier molecular flexibility index (Phi) is 1.91. The highest BCUT2D eigenvalue weighted by atomic mass is 19.3. The van der Waals surface area contributed by atoms with Crippen LogP contribution >= 0.6 is 0 Å². The third kappa shape index (κ3) is 1.24. The van der Waals surface area contributed by atoms with Gasteiger partial charge in [-0.1, -0.05) is 6.07 Å². The summed E-state index contributed by atoms with van der Waals surface area (Å²) in [4.78, 5) is 0. The molecule has 2 aliphatic carbocycles. The predicted molar refractivity (Wildman–Crippen MR) is 39.2 cm³/mol. The molecule has 0 aliphatic heterocycles. The summed E-state index contributed by atoms with van der Waals surface area (Å²) in [6.45, 7) is 0. The zero-order valence-corrected chi connectivity index (χ0v) is 5.98. The van der Waals surface area contributed by atoms with Crippen LogP contribution in [0.3, 0.4) is 0 Å². The maximum atomic E-state index is 12.0. The van der Waals surface area contributed by atoms with Gasteiger partial charge in [0.25, 0.3) is 6.43 Å². The van der Waals surface area contributed by atoms with Crippen LogP contribution in [0.25, 0.3) is 0 Å². The van der Waals surface area contributed by atoms with E-state index in [9.17, 15) is 8.78 Å². The minimum absolute atomic E-state index is 0. The predicted octanol–water partition coefficient (Wildman–Crippen LogP) is 2.69. The number of rotatable bonds is 1. The molecule has 1 nitrogen and oxygen atoms in total. The summed E-state index contributed by atoms with van der Waals surface area (Å²) in [7, 11) is 0. The minimum Gasteiger partial charge on any atom is -0.344 e. The van der Waals surface area contributed by atoms with Crippen LogP contribution in [0.1, 0.15) is 23.1 Å². The van der Waals surface area contributed by atoms with Gasteiger partial charge < -0.3 is 6.15 Å². The number of fused-ring (bicyclic) bond motifs is 2. The lowest BCUT2D eigenvalue weighted by Crippen LogP contribution is -2.02. The van der Waals surface area contributed by atoms with Crippen LogP contribution in [-0.4, -0.2) is 0 Å². The second kappa shape index (κ2) is 2.58. The van der Waals surface area contributed by atoms with Gasteiger partial charge in [0.05, 0.1) is 0 Å². The first kappa shape index (κ1) is 8.14. The fraction of sp³-hybridized carbons (Fsp3) is 0.250. The van der Waals surface area contributed by atoms with Gasteiger partial charge in [0.15, 0.2) is 0 Å². The van der Waals surface area contributed by atoms with Crippen LogP contribution in [0.2, 0.25) is 0 Å². The highest BCUT2D eigenvalue weighted by molar-refractivity contribution is 5.42. The quantitative estimate of drug-likeness (QED) is 0.678. The molecule has 0 saturated carbocycles. The number of hydrogen-bond donors (Lipinski definition) is 1. The molecular weight excluding hydrogens is 148 g/mol. The van der Waals surface area contributed by atoms with E-state index in [4.69, 9.17) is 0 Å². The Labute approximate surface area is 63.6 Å². The van der Waals surface area contributed by atoms with E-state index in [0.717, 1.165) is 17.5 Å². The van der Waals surface area contributed by atoms with Gasteiger partial charge in [-0.2, -0.15) is 0 Å². The molecule has 1 aromatic rings. The van der Waals surface area contributed by atoms with Crippen molar-refractivity contribution >= 4 is 0 Å². The van der Waals surface area contributed by atoms with Gasteiger partial charge in [0.2, 0.25) is 0 Å². The van der Waals surface area contributed by atoms with Crippen molar-refractivity contribution < 1.29 is 8.78 Å². The number of alkyl halides is 2. The summed E-state index contributed by atoms with van der Waals surface area (Å²) in [6, 6.07) is 5.07. The van der Waals surface area contributed by atoms with Crippen LogP contribution in [0.5, 0.6) is 0 Å². The Morgan fingerprint density at radius 1 is 1.09 bits per heavy atom. The van der Waals surface area contributed by atoms with Crippen LogP contribution in [0.4, 0.5) is 8.78 Å². The number of halogens is 2. The third-order valence-electron chi connectivity index (χ3n) is 1.74. The molecule has 3 rings (SSSR count). The minimum atomic E-state index is -2.31. The lowest BCUT2D eigenvalue weighted by molar-refractivity contribution is 0.151. The molecule has 0 aromatic heterocycles. The fourth-order valence-corrected chi connectivity index (χ4v) is 1.23. The van der Waals surface area contributed by atoms with Gasteiger partial charge >= 0.3 is 0 Å². The molecule has 1 aromatic carbocycles. The van der Waals surface area contributed by atoms with Gasteiger partial charge in [-0.15, -0.1) is 0 Å². The van der Waals surface area contributed by atoms with Crippen molar-refractivity contribution in [2.45, 2.75) is 12.8 Å². The average molecular weight is 157 g/mol. The summed E-state index contributed by atoms with van der Waals surface area (Å²) in [5.41, 5.74) is 2.24. The molecule has 2 bridgehead atoms. The van der Waals surface area contributed by atoms with Crippen molar-refractivity contribution in [2.75, 3.05) is 0 Å². The molecule has 0 atom stereocenters. The first-order valence-electron chi connectivity index (χ1n) is 3.16. The van der Waals surface area contributed by atoms with Crippen LogP contribution in [0, 0.1) is 0 Å². The molecule has 0 heterocycles. The zero-order chi connectivity index (χ0) is 7.14. The Bertz CT molecular complexity index is 251. The topological polar surface area (TPSA) is 35.0 Å². The SMILES string of the molecule is FC(F)c1cc2cc(c1)C2.N. The Hall–Kier alpha value is -0.960. The van der Waals surface area contributed by atoms with E-state index in [1.807, 2.05) is 6.07 Å². The fourth-order valence-electron chi connectivity index (χ4n) is 1.23. The molecule has 2 aliphatic rings. The van der Waals surface area contributed by atoms with E-state index in [2.05, 4.69) is 0 Å². The second-order valence-corrected chi connectivity index (χ2v) is 2.56. The highest BCUT2D eigenvalue weighted by Crippen LogP contribution is 2.28. The molecule has 0 amide bonds. The maximum Gasteiger partial charge on any atom is 0.263 e. The van der Waals surface area contributed by atoms with E-state index < -0.39 is 6.43 Å². The third-order valence-corrected chi connectivity index (χ3v) is 1.74. The molecular formula is C8H9F2N. The van der Waals surface area contributed by atoms with Crippen molar-refractivity contribution in [3.8, 4) is 0 Å². The lowest BCUT2D eigenvalue weighted by atomic mass is 9.90. The normalized spacial score (nSPS) is 12.3. The highest BCUT2D eigenvalue weighted by Gasteiger charge is 2.15. The van der Waals surface area contributed by atoms with Gasteiger partial charge in [-0.25, -0.2) is 8.78 Å². The van der Waals surface area contributed by atoms with Crippen molar-refractivity contribution in [3.63, 3.8) is 0 Å². The lowest BCUT2D eigenvalue weighted by Gasteiger charge is -2.16. The summed E-state index contributed by atoms with van der Waals surface area (Å²) in [5, 5.41) is 0. The molecule has 0 saturated heterocycles. The standard InChI is InChI=1S/C8H6F2.H3N/c9-8(10)7-3-5-1-6(2-5)4-7;/h1,3-4,8H,2H2;1H3. The maximum absolute atomic E-state index is 12.0. The first-order chi connectivity index (χ1) is 4.75. The Morgan fingerprint density at radius 3 is 1.82 bits per heavy atom. The van der Waals surface area contributed by atoms with Gasteiger partial charge in [-0.05, 0) is 29.7 Å². The smallest absolute Gasteiger partial charge is 0.263 e. The second-order valence-electron chi connectivity index (χ2n) is 2.56. The van der Waals surface area contributed by atoms with E-state index in [1.165, 1.54) is 0 Å². The average Bonchev–Trinajstić information content (AvgIpc) is 1.86. The van der Waals surface area contributed by atoms with E-state index in [-0.39, 0.29) is 11.7 Å². The van der Waals surface area contributed by atoms with Crippen molar-refractivity contribution in [3.05, 3.63) is 34.9 Å². The summed E-state index contributed by atoms with van der Waals surface area (Å²) in [6.07, 6.45) is -1.42. The molecule has 0 radical (unpaired) electrons. The van der Waals surface area contributed by atoms with E-state index in [0.29, 0.717) is 0 Å². The van der Waals surface area contributed by atoms with Gasteiger partial charge in [0, 0.05) is 5.56 Å². The molecule has 0 fully saturated rings. The summed E-state index contributed by atoms with van der Waals surface area (Å²) < 4.78 is 23.9. The zero-order valence-electron chi connectivity index (χ0n) is 5.98. The first-order valence-corrected chi connectivity index (χ1v) is 3.16. The molecule has 3 N–H and O–H groups in total. The van der Waals surface area contributed by atoms with Crippen LogP contribution in [0.15, 0.2) is 18.2 Å². The van der Waals surface area contributed by atoms with Crippen LogP contribution < -0.4 is 6.15 Å². The van der Waals surface area contributed by atoms with Gasteiger partial charge in [-0.3, -0.25) is 0 Å². The monoisotopic (exact) mass is 157 g/mol. The largest absolute Gasteiger partial charge is 0.344 e. The molecule has 11 heavy (non-hydrogen) atoms. The molecule has 0 spiro atoms. The van der Waals surface area contributed by atoms with E-state index >= 15 is 0 Å². The number of benzene rings is 1. The van der Waals surface area contributed by atoms with Crippen molar-refractivity contribution in [1.29, 1.82) is 0 Å². The Morgan fingerprint density at radius 2 is 1.55 bits per heavy atom. The molecule has 0 unspecified atom stereocenters. The van der Waals surface area contributed by atoms with Crippen LogP contribution in [-0.2, 0) is 6.42 Å².